The predicted octanol–water partition coefficient (Wildman–Crippen LogP) is 2.50. The van der Waals surface area contributed by atoms with Crippen LogP contribution in [0.1, 0.15) is 30.4 Å². The van der Waals surface area contributed by atoms with Gasteiger partial charge in [-0.25, -0.2) is 18.1 Å². The zero-order valence-electron chi connectivity index (χ0n) is 20.4. The number of carbonyl (C=O) groups is 2. The van der Waals surface area contributed by atoms with Gasteiger partial charge in [-0.1, -0.05) is 48.0 Å². The summed E-state index contributed by atoms with van der Waals surface area (Å²) in [5.41, 5.74) is 1.89. The number of sulfonamides is 1. The zero-order chi connectivity index (χ0) is 25.9. The van der Waals surface area contributed by atoms with Crippen LogP contribution < -0.4 is 0 Å². The van der Waals surface area contributed by atoms with Gasteiger partial charge in [-0.2, -0.15) is 4.31 Å². The van der Waals surface area contributed by atoms with E-state index >= 15 is 0 Å². The van der Waals surface area contributed by atoms with E-state index in [1.807, 2.05) is 37.3 Å². The van der Waals surface area contributed by atoms with Crippen molar-refractivity contribution in [1.82, 2.24) is 9.21 Å². The van der Waals surface area contributed by atoms with Crippen molar-refractivity contribution in [2.75, 3.05) is 20.3 Å². The van der Waals surface area contributed by atoms with E-state index < -0.39 is 46.3 Å². The van der Waals surface area contributed by atoms with Crippen LogP contribution in [0.4, 0.5) is 4.79 Å². The summed E-state index contributed by atoms with van der Waals surface area (Å²) in [5.74, 6) is -0.556. The van der Waals surface area contributed by atoms with Gasteiger partial charge >= 0.3 is 6.09 Å². The van der Waals surface area contributed by atoms with Crippen LogP contribution in [0.25, 0.3) is 0 Å². The Bertz CT molecular complexity index is 1170. The number of rotatable bonds is 8. The first-order chi connectivity index (χ1) is 17.2. The number of imide groups is 1. The van der Waals surface area contributed by atoms with Gasteiger partial charge in [0.2, 0.25) is 10.0 Å². The van der Waals surface area contributed by atoms with Gasteiger partial charge in [-0.05, 0) is 50.3 Å². The highest BCUT2D eigenvalue weighted by atomic mass is 32.2. The van der Waals surface area contributed by atoms with Crippen LogP contribution >= 0.6 is 0 Å². The third kappa shape index (κ3) is 5.62. The average Bonchev–Trinajstić information content (AvgIpc) is 3.23. The maximum Gasteiger partial charge on any atom is 0.417 e. The van der Waals surface area contributed by atoms with Gasteiger partial charge in [0.1, 0.15) is 12.7 Å². The molecule has 2 unspecified atom stereocenters. The molecule has 2 aromatic carbocycles. The normalized spacial score (nSPS) is 23.9. The number of β-amino-alcohol motifs (C(OH)–C–C–N with tert-alkyl or cyclic N) is 1. The van der Waals surface area contributed by atoms with E-state index in [9.17, 15) is 23.1 Å². The summed E-state index contributed by atoms with van der Waals surface area (Å²) in [5, 5.41) is 10.3. The molecule has 10 heteroatoms. The zero-order valence-corrected chi connectivity index (χ0v) is 21.3. The molecule has 2 aromatic rings. The fourth-order valence-corrected chi connectivity index (χ4v) is 6.52. The molecule has 2 aliphatic rings. The number of cyclic esters (lactones) is 1. The molecule has 0 radical (unpaired) electrons. The lowest BCUT2D eigenvalue weighted by molar-refractivity contribution is -0.141. The molecule has 2 fully saturated rings. The summed E-state index contributed by atoms with van der Waals surface area (Å²) < 4.78 is 38.9. The highest BCUT2D eigenvalue weighted by Crippen LogP contribution is 2.30. The highest BCUT2D eigenvalue weighted by Gasteiger charge is 2.44. The average molecular weight is 517 g/mol. The molecule has 2 saturated heterocycles. The second kappa shape index (κ2) is 11.1. The van der Waals surface area contributed by atoms with Crippen molar-refractivity contribution in [2.45, 2.75) is 61.8 Å². The van der Waals surface area contributed by atoms with Crippen molar-refractivity contribution in [3.63, 3.8) is 0 Å². The number of hydrogen-bond acceptors (Lipinski definition) is 7. The third-order valence-electron chi connectivity index (χ3n) is 6.82. The van der Waals surface area contributed by atoms with Gasteiger partial charge in [-0.15, -0.1) is 0 Å². The summed E-state index contributed by atoms with van der Waals surface area (Å²) in [4.78, 5) is 27.2. The molecular formula is C26H32N2O7S. The van der Waals surface area contributed by atoms with E-state index in [4.69, 9.17) is 9.47 Å². The summed E-state index contributed by atoms with van der Waals surface area (Å²) in [6.07, 6.45) is -1.33. The number of ether oxygens (including phenoxy) is 2. The van der Waals surface area contributed by atoms with Crippen LogP contribution in [0.2, 0.25) is 0 Å². The fraction of sp³-hybridized carbons (Fsp3) is 0.462. The Morgan fingerprint density at radius 3 is 2.47 bits per heavy atom. The highest BCUT2D eigenvalue weighted by molar-refractivity contribution is 7.89. The van der Waals surface area contributed by atoms with Crippen LogP contribution in [0.3, 0.4) is 0 Å². The molecule has 0 aliphatic carbocycles. The van der Waals surface area contributed by atoms with Crippen LogP contribution in [0.15, 0.2) is 59.5 Å². The number of hydrogen-bond donors (Lipinski definition) is 1. The molecule has 36 heavy (non-hydrogen) atoms. The monoisotopic (exact) mass is 516 g/mol. The van der Waals surface area contributed by atoms with Crippen LogP contribution in [-0.2, 0) is 30.7 Å². The van der Waals surface area contributed by atoms with Gasteiger partial charge < -0.3 is 14.6 Å². The lowest BCUT2D eigenvalue weighted by Gasteiger charge is -2.38. The molecule has 0 spiro atoms. The first-order valence-corrected chi connectivity index (χ1v) is 13.5. The number of aliphatic hydroxyl groups is 1. The minimum atomic E-state index is -3.92. The number of benzene rings is 2. The van der Waals surface area contributed by atoms with Crippen LogP contribution in [-0.4, -0.2) is 79.3 Å². The summed E-state index contributed by atoms with van der Waals surface area (Å²) in [6.45, 7) is 1.88. The van der Waals surface area contributed by atoms with Crippen LogP contribution in [0, 0.1) is 6.92 Å². The Balaban J connectivity index is 1.54. The van der Waals surface area contributed by atoms with E-state index in [-0.39, 0.29) is 24.5 Å². The number of amides is 2. The molecule has 4 rings (SSSR count). The molecule has 2 amide bonds. The molecule has 9 nitrogen and oxygen atoms in total. The third-order valence-corrected chi connectivity index (χ3v) is 8.75. The maximum absolute atomic E-state index is 13.5. The number of piperidine rings is 1. The fourth-order valence-electron chi connectivity index (χ4n) is 4.82. The van der Waals surface area contributed by atoms with Crippen molar-refractivity contribution < 1.29 is 32.6 Å². The van der Waals surface area contributed by atoms with E-state index in [0.717, 1.165) is 16.0 Å². The number of aryl methyl sites for hydroxylation is 1. The number of carbonyl (C=O) groups excluding carboxylic acids is 2. The number of nitrogens with zero attached hydrogens (tertiary/aromatic N) is 2. The number of aliphatic hydroxyl groups excluding tert-OH is 1. The minimum Gasteiger partial charge on any atom is -0.447 e. The topological polar surface area (TPSA) is 113 Å². The Kier molecular flexibility index (Phi) is 8.09. The first-order valence-electron chi connectivity index (χ1n) is 12.0. The Labute approximate surface area is 211 Å². The van der Waals surface area contributed by atoms with E-state index in [1.165, 1.54) is 23.5 Å². The summed E-state index contributed by atoms with van der Waals surface area (Å²) >= 11 is 0. The van der Waals surface area contributed by atoms with Gasteiger partial charge in [0.25, 0.3) is 5.91 Å². The smallest absolute Gasteiger partial charge is 0.417 e. The van der Waals surface area contributed by atoms with Crippen molar-refractivity contribution in [3.8, 4) is 0 Å². The van der Waals surface area contributed by atoms with Crippen molar-refractivity contribution in [2.24, 2.45) is 0 Å². The molecule has 2 aliphatic heterocycles. The van der Waals surface area contributed by atoms with Crippen molar-refractivity contribution in [1.29, 1.82) is 0 Å². The molecule has 0 aromatic heterocycles. The lowest BCUT2D eigenvalue weighted by atomic mass is 9.96. The quantitative estimate of drug-likeness (QED) is 0.574. The van der Waals surface area contributed by atoms with E-state index in [0.29, 0.717) is 19.3 Å². The SMILES string of the molecule is COC(C[C@@H]1CC[C@@H](O)CN1S(=O)(=O)c1ccc(C)cc1)C(=O)N1C(=O)OCC1Cc1ccccc1. The minimum absolute atomic E-state index is 0.0506. The summed E-state index contributed by atoms with van der Waals surface area (Å²) in [7, 11) is -2.55. The molecular weight excluding hydrogens is 484 g/mol. The molecule has 4 atom stereocenters. The second-order valence-electron chi connectivity index (χ2n) is 9.36. The molecule has 0 saturated carbocycles. The molecule has 2 heterocycles. The van der Waals surface area contributed by atoms with Gasteiger partial charge in [-0.3, -0.25) is 4.79 Å². The Morgan fingerprint density at radius 1 is 1.11 bits per heavy atom. The standard InChI is InChI=1S/C26H32N2O7S/c1-18-8-12-23(13-9-18)36(32,33)27-16-22(29)11-10-20(27)15-24(34-2)25(30)28-21(17-35-26(28)31)14-19-6-4-3-5-7-19/h3-9,12-13,20-22,24,29H,10-11,14-17H2,1-2H3/t20-,21?,22+,24?/m0/s1. The maximum atomic E-state index is 13.5. The Morgan fingerprint density at radius 2 is 1.81 bits per heavy atom. The summed E-state index contributed by atoms with van der Waals surface area (Å²) in [6, 6.07) is 14.9. The largest absolute Gasteiger partial charge is 0.447 e. The van der Waals surface area contributed by atoms with Gasteiger partial charge in [0.15, 0.2) is 0 Å². The van der Waals surface area contributed by atoms with Gasteiger partial charge in [0, 0.05) is 19.7 Å². The van der Waals surface area contributed by atoms with E-state index in [2.05, 4.69) is 0 Å². The second-order valence-corrected chi connectivity index (χ2v) is 11.3. The van der Waals surface area contributed by atoms with Crippen molar-refractivity contribution in [3.05, 3.63) is 65.7 Å². The van der Waals surface area contributed by atoms with Gasteiger partial charge in [0.05, 0.1) is 17.0 Å². The molecule has 1 N–H and O–H groups in total. The number of methoxy groups -OCH3 is 1. The molecule has 194 valence electrons. The lowest BCUT2D eigenvalue weighted by Crippen LogP contribution is -2.52. The van der Waals surface area contributed by atoms with E-state index in [1.54, 1.807) is 12.1 Å². The van der Waals surface area contributed by atoms with Crippen molar-refractivity contribution >= 4 is 22.0 Å². The first kappa shape index (κ1) is 26.3. The van der Waals surface area contributed by atoms with Crippen LogP contribution in [0.5, 0.6) is 0 Å². The molecule has 0 bridgehead atoms. The predicted molar refractivity (Wildman–Crippen MR) is 132 cm³/mol. The Hall–Kier alpha value is -2.79.